The second-order valence-corrected chi connectivity index (χ2v) is 6.20. The van der Waals surface area contributed by atoms with Crippen molar-refractivity contribution in [2.24, 2.45) is 11.3 Å². The van der Waals surface area contributed by atoms with E-state index in [0.29, 0.717) is 6.54 Å². The van der Waals surface area contributed by atoms with E-state index in [4.69, 9.17) is 5.11 Å². The first-order valence-corrected chi connectivity index (χ1v) is 7.28. The third kappa shape index (κ3) is 2.85. The molecule has 0 aliphatic heterocycles. The van der Waals surface area contributed by atoms with E-state index < -0.39 is 0 Å². The van der Waals surface area contributed by atoms with Crippen molar-refractivity contribution in [1.82, 2.24) is 5.32 Å². The summed E-state index contributed by atoms with van der Waals surface area (Å²) in [6.45, 7) is 0.851. The van der Waals surface area contributed by atoms with Crippen molar-refractivity contribution < 1.29 is 14.3 Å². The second-order valence-electron chi connectivity index (χ2n) is 6.20. The predicted octanol–water partition coefficient (Wildman–Crippen LogP) is 2.21. The van der Waals surface area contributed by atoms with E-state index in [-0.39, 0.29) is 35.6 Å². The Labute approximate surface area is 118 Å². The summed E-state index contributed by atoms with van der Waals surface area (Å²) < 4.78 is 13.2. The third-order valence-electron chi connectivity index (χ3n) is 4.64. The van der Waals surface area contributed by atoms with Gasteiger partial charge < -0.3 is 10.4 Å². The molecule has 20 heavy (non-hydrogen) atoms. The van der Waals surface area contributed by atoms with E-state index in [1.165, 1.54) is 12.1 Å². The molecule has 2 fully saturated rings. The zero-order valence-corrected chi connectivity index (χ0v) is 11.4. The van der Waals surface area contributed by atoms with Gasteiger partial charge in [-0.1, -0.05) is 12.1 Å². The second kappa shape index (κ2) is 5.17. The Bertz CT molecular complexity index is 513. The zero-order valence-electron chi connectivity index (χ0n) is 11.4. The van der Waals surface area contributed by atoms with E-state index in [0.717, 1.165) is 31.2 Å². The smallest absolute Gasteiger partial charge is 0.223 e. The monoisotopic (exact) mass is 277 g/mol. The van der Waals surface area contributed by atoms with Crippen LogP contribution in [0.25, 0.3) is 0 Å². The SMILES string of the molecule is O=C(NCC1(CCO)CC1)C1CC1c1cccc(F)c1. The van der Waals surface area contributed by atoms with Crippen LogP contribution in [0.4, 0.5) is 4.39 Å². The number of nitrogens with one attached hydrogen (secondary N) is 1. The first-order valence-electron chi connectivity index (χ1n) is 7.28. The molecular formula is C16H20FNO2. The van der Waals surface area contributed by atoms with Crippen molar-refractivity contribution in [3.05, 3.63) is 35.6 Å². The number of carbonyl (C=O) groups is 1. The molecule has 0 spiro atoms. The molecule has 2 saturated carbocycles. The molecule has 1 aromatic rings. The fourth-order valence-electron chi connectivity index (χ4n) is 2.93. The highest BCUT2D eigenvalue weighted by Gasteiger charge is 2.46. The number of rotatable bonds is 6. The van der Waals surface area contributed by atoms with Gasteiger partial charge in [0.25, 0.3) is 0 Å². The summed E-state index contributed by atoms with van der Waals surface area (Å²) in [6.07, 6.45) is 3.76. The van der Waals surface area contributed by atoms with Crippen LogP contribution in [0, 0.1) is 17.2 Å². The van der Waals surface area contributed by atoms with E-state index in [1.54, 1.807) is 6.07 Å². The van der Waals surface area contributed by atoms with Crippen LogP contribution in [0.3, 0.4) is 0 Å². The van der Waals surface area contributed by atoms with E-state index in [2.05, 4.69) is 5.32 Å². The Morgan fingerprint density at radius 3 is 2.90 bits per heavy atom. The van der Waals surface area contributed by atoms with Crippen LogP contribution in [0.5, 0.6) is 0 Å². The van der Waals surface area contributed by atoms with Crippen molar-refractivity contribution in [2.75, 3.05) is 13.2 Å². The number of aliphatic hydroxyl groups excluding tert-OH is 1. The Morgan fingerprint density at radius 2 is 2.25 bits per heavy atom. The number of hydrogen-bond acceptors (Lipinski definition) is 2. The molecule has 2 aliphatic carbocycles. The summed E-state index contributed by atoms with van der Waals surface area (Å²) in [5.41, 5.74) is 1.06. The lowest BCUT2D eigenvalue weighted by Crippen LogP contribution is -2.32. The van der Waals surface area contributed by atoms with Crippen molar-refractivity contribution in [1.29, 1.82) is 0 Å². The number of benzene rings is 1. The Hall–Kier alpha value is -1.42. The minimum atomic E-state index is -0.242. The summed E-state index contributed by atoms with van der Waals surface area (Å²) in [5, 5.41) is 12.0. The average Bonchev–Trinajstić information content (AvgIpc) is 3.32. The zero-order chi connectivity index (χ0) is 14.2. The van der Waals surface area contributed by atoms with Crippen LogP contribution >= 0.6 is 0 Å². The number of halogens is 1. The fourth-order valence-corrected chi connectivity index (χ4v) is 2.93. The van der Waals surface area contributed by atoms with Gasteiger partial charge >= 0.3 is 0 Å². The van der Waals surface area contributed by atoms with Crippen molar-refractivity contribution >= 4 is 5.91 Å². The Morgan fingerprint density at radius 1 is 1.45 bits per heavy atom. The molecule has 2 N–H and O–H groups in total. The van der Waals surface area contributed by atoms with Crippen molar-refractivity contribution in [2.45, 2.75) is 31.6 Å². The molecule has 2 aliphatic rings. The lowest BCUT2D eigenvalue weighted by Gasteiger charge is -2.14. The summed E-state index contributed by atoms with van der Waals surface area (Å²) in [4.78, 5) is 12.1. The molecule has 0 aromatic heterocycles. The highest BCUT2D eigenvalue weighted by atomic mass is 19.1. The minimum Gasteiger partial charge on any atom is -0.396 e. The predicted molar refractivity (Wildman–Crippen MR) is 73.6 cm³/mol. The number of carbonyl (C=O) groups excluding carboxylic acids is 1. The Balaban J connectivity index is 1.50. The largest absolute Gasteiger partial charge is 0.396 e. The molecule has 0 saturated heterocycles. The van der Waals surface area contributed by atoms with Gasteiger partial charge in [-0.25, -0.2) is 4.39 Å². The maximum Gasteiger partial charge on any atom is 0.223 e. The maximum absolute atomic E-state index is 13.2. The van der Waals surface area contributed by atoms with Crippen LogP contribution in [0.1, 0.15) is 37.2 Å². The van der Waals surface area contributed by atoms with Crippen LogP contribution in [0.15, 0.2) is 24.3 Å². The van der Waals surface area contributed by atoms with Gasteiger partial charge in [-0.3, -0.25) is 4.79 Å². The van der Waals surface area contributed by atoms with Gasteiger partial charge in [-0.2, -0.15) is 0 Å². The van der Waals surface area contributed by atoms with Gasteiger partial charge in [0.1, 0.15) is 5.82 Å². The van der Waals surface area contributed by atoms with Gasteiger partial charge in [-0.05, 0) is 54.7 Å². The van der Waals surface area contributed by atoms with E-state index >= 15 is 0 Å². The topological polar surface area (TPSA) is 49.3 Å². The standard InChI is InChI=1S/C16H20FNO2/c17-12-3-1-2-11(8-12)13-9-14(13)15(20)18-10-16(4-5-16)6-7-19/h1-3,8,13-14,19H,4-7,9-10H2,(H,18,20). The van der Waals surface area contributed by atoms with Gasteiger partial charge in [0.05, 0.1) is 0 Å². The Kier molecular flexibility index (Phi) is 3.50. The molecule has 108 valence electrons. The number of aliphatic hydroxyl groups is 1. The normalized spacial score (nSPS) is 26.1. The molecule has 2 atom stereocenters. The minimum absolute atomic E-state index is 0.0123. The van der Waals surface area contributed by atoms with Crippen LogP contribution in [0.2, 0.25) is 0 Å². The highest BCUT2D eigenvalue weighted by molar-refractivity contribution is 5.82. The third-order valence-corrected chi connectivity index (χ3v) is 4.64. The van der Waals surface area contributed by atoms with Gasteiger partial charge in [0.15, 0.2) is 0 Å². The fraction of sp³-hybridized carbons (Fsp3) is 0.562. The molecule has 2 unspecified atom stereocenters. The van der Waals surface area contributed by atoms with Gasteiger partial charge in [-0.15, -0.1) is 0 Å². The van der Waals surface area contributed by atoms with E-state index in [1.807, 2.05) is 6.07 Å². The van der Waals surface area contributed by atoms with E-state index in [9.17, 15) is 9.18 Å². The quantitative estimate of drug-likeness (QED) is 0.837. The maximum atomic E-state index is 13.2. The molecule has 4 heteroatoms. The highest BCUT2D eigenvalue weighted by Crippen LogP contribution is 2.50. The van der Waals surface area contributed by atoms with Crippen LogP contribution < -0.4 is 5.32 Å². The summed E-state index contributed by atoms with van der Waals surface area (Å²) in [6, 6.07) is 6.52. The van der Waals surface area contributed by atoms with Gasteiger partial charge in [0, 0.05) is 19.1 Å². The molecular weight excluding hydrogens is 257 g/mol. The van der Waals surface area contributed by atoms with Gasteiger partial charge in [0.2, 0.25) is 5.91 Å². The molecule has 3 nitrogen and oxygen atoms in total. The molecule has 0 radical (unpaired) electrons. The van der Waals surface area contributed by atoms with Crippen LogP contribution in [-0.2, 0) is 4.79 Å². The first kappa shape index (κ1) is 13.6. The number of amides is 1. The summed E-state index contributed by atoms with van der Waals surface area (Å²) in [5.74, 6) is -0.0164. The average molecular weight is 277 g/mol. The number of hydrogen-bond donors (Lipinski definition) is 2. The molecule has 0 heterocycles. The molecule has 1 aromatic carbocycles. The van der Waals surface area contributed by atoms with Crippen molar-refractivity contribution in [3.63, 3.8) is 0 Å². The molecule has 1 amide bonds. The summed E-state index contributed by atoms with van der Waals surface area (Å²) in [7, 11) is 0. The van der Waals surface area contributed by atoms with Crippen molar-refractivity contribution in [3.8, 4) is 0 Å². The molecule has 3 rings (SSSR count). The first-order chi connectivity index (χ1) is 9.63. The lowest BCUT2D eigenvalue weighted by atomic mass is 10.0. The van der Waals surface area contributed by atoms with Crippen LogP contribution in [-0.4, -0.2) is 24.2 Å². The summed E-state index contributed by atoms with van der Waals surface area (Å²) >= 11 is 0. The lowest BCUT2D eigenvalue weighted by molar-refractivity contribution is -0.122. The molecule has 0 bridgehead atoms.